The summed E-state index contributed by atoms with van der Waals surface area (Å²) in [5, 5.41) is 9.32. The van der Waals surface area contributed by atoms with Crippen LogP contribution in [-0.2, 0) is 9.53 Å². The Bertz CT molecular complexity index is 344. The van der Waals surface area contributed by atoms with Crippen LogP contribution in [0.5, 0.6) is 0 Å². The number of nitrogens with one attached hydrogen (secondary N) is 3. The fourth-order valence-corrected chi connectivity index (χ4v) is 1.95. The summed E-state index contributed by atoms with van der Waals surface area (Å²) in [6.07, 6.45) is 2.47. The first-order valence-electron chi connectivity index (χ1n) is 7.85. The van der Waals surface area contributed by atoms with Gasteiger partial charge in [0.25, 0.3) is 0 Å². The van der Waals surface area contributed by atoms with Gasteiger partial charge in [-0.15, -0.1) is 0 Å². The Labute approximate surface area is 128 Å². The molecule has 6 nitrogen and oxygen atoms in total. The maximum Gasteiger partial charge on any atom is 0.225 e. The lowest BCUT2D eigenvalue weighted by Crippen LogP contribution is -2.43. The highest BCUT2D eigenvalue weighted by Gasteiger charge is 2.20. The highest BCUT2D eigenvalue weighted by molar-refractivity contribution is 5.81. The number of rotatable bonds is 6. The molecule has 3 N–H and O–H groups in total. The lowest BCUT2D eigenvalue weighted by Gasteiger charge is -2.18. The Balaban J connectivity index is 2.27. The molecule has 0 aromatic heterocycles. The summed E-state index contributed by atoms with van der Waals surface area (Å²) in [6, 6.07) is 0. The summed E-state index contributed by atoms with van der Waals surface area (Å²) in [4.78, 5) is 16.3. The molecular weight excluding hydrogens is 268 g/mol. The molecule has 1 aliphatic rings. The van der Waals surface area contributed by atoms with Gasteiger partial charge in [0.05, 0.1) is 12.6 Å². The van der Waals surface area contributed by atoms with E-state index in [4.69, 9.17) is 4.74 Å². The van der Waals surface area contributed by atoms with Crippen molar-refractivity contribution in [3.63, 3.8) is 0 Å². The van der Waals surface area contributed by atoms with E-state index in [1.165, 1.54) is 0 Å². The molecule has 1 heterocycles. The van der Waals surface area contributed by atoms with Crippen molar-refractivity contribution in [2.45, 2.75) is 46.6 Å². The van der Waals surface area contributed by atoms with Gasteiger partial charge in [-0.05, 0) is 19.8 Å². The Morgan fingerprint density at radius 2 is 1.95 bits per heavy atom. The highest BCUT2D eigenvalue weighted by atomic mass is 16.5. The van der Waals surface area contributed by atoms with Gasteiger partial charge in [-0.1, -0.05) is 20.8 Å². The van der Waals surface area contributed by atoms with Gasteiger partial charge < -0.3 is 20.7 Å². The molecule has 0 spiro atoms. The molecule has 0 aromatic carbocycles. The summed E-state index contributed by atoms with van der Waals surface area (Å²) < 4.78 is 5.56. The standard InChI is InChI=1S/C15H30N4O2/c1-5-16-14(19-11-12-7-6-10-21-12)18-9-8-17-13(20)15(2,3)4/h12H,5-11H2,1-4H3,(H,17,20)(H2,16,18,19). The van der Waals surface area contributed by atoms with Crippen LogP contribution in [0.4, 0.5) is 0 Å². The van der Waals surface area contributed by atoms with E-state index in [0.717, 1.165) is 32.0 Å². The molecule has 21 heavy (non-hydrogen) atoms. The number of hydrogen-bond donors (Lipinski definition) is 3. The van der Waals surface area contributed by atoms with E-state index in [2.05, 4.69) is 20.9 Å². The zero-order valence-electron chi connectivity index (χ0n) is 13.8. The molecule has 1 fully saturated rings. The number of guanidine groups is 1. The average molecular weight is 298 g/mol. The first-order valence-corrected chi connectivity index (χ1v) is 7.85. The maximum absolute atomic E-state index is 11.7. The summed E-state index contributed by atoms with van der Waals surface area (Å²) in [5.41, 5.74) is -0.349. The summed E-state index contributed by atoms with van der Waals surface area (Å²) >= 11 is 0. The summed E-state index contributed by atoms with van der Waals surface area (Å²) in [6.45, 7) is 11.3. The minimum Gasteiger partial charge on any atom is -0.376 e. The number of carbonyl (C=O) groups is 1. The molecule has 1 saturated heterocycles. The maximum atomic E-state index is 11.7. The quantitative estimate of drug-likeness (QED) is 0.387. The Morgan fingerprint density at radius 1 is 1.24 bits per heavy atom. The Hall–Kier alpha value is -1.30. The zero-order chi connectivity index (χ0) is 15.7. The van der Waals surface area contributed by atoms with Gasteiger partial charge in [0.15, 0.2) is 5.96 Å². The highest BCUT2D eigenvalue weighted by Crippen LogP contribution is 2.12. The second-order valence-corrected chi connectivity index (χ2v) is 6.29. The number of carbonyl (C=O) groups excluding carboxylic acids is 1. The van der Waals surface area contributed by atoms with Crippen molar-refractivity contribution >= 4 is 11.9 Å². The molecule has 1 aliphatic heterocycles. The van der Waals surface area contributed by atoms with Crippen LogP contribution in [0.25, 0.3) is 0 Å². The second kappa shape index (κ2) is 8.87. The predicted octanol–water partition coefficient (Wildman–Crippen LogP) is 0.883. The van der Waals surface area contributed by atoms with Crippen molar-refractivity contribution in [2.24, 2.45) is 10.4 Å². The van der Waals surface area contributed by atoms with E-state index in [1.54, 1.807) is 0 Å². The molecule has 0 aromatic rings. The van der Waals surface area contributed by atoms with Crippen molar-refractivity contribution < 1.29 is 9.53 Å². The van der Waals surface area contributed by atoms with Crippen LogP contribution in [0.2, 0.25) is 0 Å². The molecule has 0 saturated carbocycles. The molecule has 1 atom stereocenters. The van der Waals surface area contributed by atoms with E-state index >= 15 is 0 Å². The van der Waals surface area contributed by atoms with Crippen LogP contribution >= 0.6 is 0 Å². The number of hydrogen-bond acceptors (Lipinski definition) is 3. The molecule has 1 rings (SSSR count). The number of amides is 1. The average Bonchev–Trinajstić information content (AvgIpc) is 2.92. The molecule has 122 valence electrons. The van der Waals surface area contributed by atoms with Crippen LogP contribution in [0.3, 0.4) is 0 Å². The van der Waals surface area contributed by atoms with E-state index in [1.807, 2.05) is 27.7 Å². The molecule has 6 heteroatoms. The lowest BCUT2D eigenvalue weighted by molar-refractivity contribution is -0.128. The van der Waals surface area contributed by atoms with Gasteiger partial charge in [0.1, 0.15) is 0 Å². The normalized spacial score (nSPS) is 19.4. The molecule has 0 bridgehead atoms. The van der Waals surface area contributed by atoms with Crippen molar-refractivity contribution in [1.82, 2.24) is 16.0 Å². The van der Waals surface area contributed by atoms with Gasteiger partial charge in [-0.3, -0.25) is 9.79 Å². The minimum atomic E-state index is -0.349. The zero-order valence-corrected chi connectivity index (χ0v) is 13.8. The van der Waals surface area contributed by atoms with Gasteiger partial charge in [0.2, 0.25) is 5.91 Å². The molecular formula is C15H30N4O2. The summed E-state index contributed by atoms with van der Waals surface area (Å²) in [5.74, 6) is 0.837. The fourth-order valence-electron chi connectivity index (χ4n) is 1.95. The molecule has 1 unspecified atom stereocenters. The van der Waals surface area contributed by atoms with Gasteiger partial charge in [-0.2, -0.15) is 0 Å². The van der Waals surface area contributed by atoms with Crippen LogP contribution in [-0.4, -0.2) is 50.8 Å². The topological polar surface area (TPSA) is 74.8 Å². The van der Waals surface area contributed by atoms with Crippen LogP contribution < -0.4 is 16.0 Å². The number of nitrogens with zero attached hydrogens (tertiary/aromatic N) is 1. The largest absolute Gasteiger partial charge is 0.376 e. The van der Waals surface area contributed by atoms with Crippen molar-refractivity contribution in [2.75, 3.05) is 32.8 Å². The molecule has 1 amide bonds. The molecule has 0 aliphatic carbocycles. The number of aliphatic imine (C=N–C) groups is 1. The summed E-state index contributed by atoms with van der Waals surface area (Å²) in [7, 11) is 0. The predicted molar refractivity (Wildman–Crippen MR) is 85.4 cm³/mol. The fraction of sp³-hybridized carbons (Fsp3) is 0.867. The SMILES string of the molecule is CCNC(=NCC1CCCO1)NCCNC(=O)C(C)(C)C. The van der Waals surface area contributed by atoms with Crippen LogP contribution in [0.15, 0.2) is 4.99 Å². The third-order valence-electron chi connectivity index (χ3n) is 3.21. The Kier molecular flexibility index (Phi) is 7.50. The number of ether oxygens (including phenoxy) is 1. The first-order chi connectivity index (χ1) is 9.93. The smallest absolute Gasteiger partial charge is 0.225 e. The van der Waals surface area contributed by atoms with Gasteiger partial charge in [-0.25, -0.2) is 0 Å². The third-order valence-corrected chi connectivity index (χ3v) is 3.21. The van der Waals surface area contributed by atoms with Crippen LogP contribution in [0.1, 0.15) is 40.5 Å². The van der Waals surface area contributed by atoms with Gasteiger partial charge in [0, 0.05) is 31.7 Å². The van der Waals surface area contributed by atoms with Crippen molar-refractivity contribution in [3.8, 4) is 0 Å². The van der Waals surface area contributed by atoms with E-state index in [0.29, 0.717) is 19.6 Å². The Morgan fingerprint density at radius 3 is 2.52 bits per heavy atom. The first kappa shape index (κ1) is 17.8. The monoisotopic (exact) mass is 298 g/mol. The van der Waals surface area contributed by atoms with E-state index < -0.39 is 0 Å². The third kappa shape index (κ3) is 7.32. The van der Waals surface area contributed by atoms with E-state index in [-0.39, 0.29) is 17.4 Å². The lowest BCUT2D eigenvalue weighted by atomic mass is 9.96. The van der Waals surface area contributed by atoms with Crippen molar-refractivity contribution in [3.05, 3.63) is 0 Å². The van der Waals surface area contributed by atoms with Gasteiger partial charge >= 0.3 is 0 Å². The van der Waals surface area contributed by atoms with Crippen molar-refractivity contribution in [1.29, 1.82) is 0 Å². The van der Waals surface area contributed by atoms with E-state index in [9.17, 15) is 4.79 Å². The minimum absolute atomic E-state index is 0.0607. The second-order valence-electron chi connectivity index (χ2n) is 6.29. The van der Waals surface area contributed by atoms with Crippen LogP contribution in [0, 0.1) is 5.41 Å². The molecule has 0 radical (unpaired) electrons.